The van der Waals surface area contributed by atoms with E-state index in [4.69, 9.17) is 24.8 Å². The fourth-order valence-electron chi connectivity index (χ4n) is 5.41. The normalized spacial score (nSPS) is 14.1. The van der Waals surface area contributed by atoms with Gasteiger partial charge in [-0.1, -0.05) is 128 Å². The van der Waals surface area contributed by atoms with Crippen LogP contribution < -0.4 is 5.73 Å². The van der Waals surface area contributed by atoms with Crippen LogP contribution in [-0.2, 0) is 37.5 Å². The number of phosphoric ester groups is 1. The van der Waals surface area contributed by atoms with E-state index in [0.29, 0.717) is 12.8 Å². The maximum atomic E-state index is 12.6. The van der Waals surface area contributed by atoms with E-state index >= 15 is 0 Å². The molecule has 0 bridgehead atoms. The lowest BCUT2D eigenvalue weighted by Gasteiger charge is -2.20. The molecule has 4 N–H and O–H groups in total. The average molecular weight is 760 g/mol. The second kappa shape index (κ2) is 36.0. The molecule has 0 saturated heterocycles. The summed E-state index contributed by atoms with van der Waals surface area (Å²) in [6, 6.07) is -1.52. The number of allylic oxidation sites excluding steroid dienone is 4. The molecule has 11 nitrogen and oxygen atoms in total. The first kappa shape index (κ1) is 50.0. The molecule has 0 fully saturated rings. The number of rotatable bonds is 38. The maximum Gasteiger partial charge on any atom is 0.472 e. The minimum atomic E-state index is -4.71. The van der Waals surface area contributed by atoms with Crippen LogP contribution in [0.1, 0.15) is 181 Å². The molecule has 0 aliphatic carbocycles. The summed E-state index contributed by atoms with van der Waals surface area (Å²) in [6.07, 6.45) is 35.3. The summed E-state index contributed by atoms with van der Waals surface area (Å²) in [4.78, 5) is 45.8. The van der Waals surface area contributed by atoms with Gasteiger partial charge in [0.25, 0.3) is 0 Å². The first-order chi connectivity index (χ1) is 25.1. The van der Waals surface area contributed by atoms with Gasteiger partial charge in [0.15, 0.2) is 6.10 Å². The van der Waals surface area contributed by atoms with Gasteiger partial charge in [-0.2, -0.15) is 0 Å². The fraction of sp³-hybridized carbons (Fsp3) is 0.825. The van der Waals surface area contributed by atoms with E-state index in [-0.39, 0.29) is 19.4 Å². The first-order valence-corrected chi connectivity index (χ1v) is 21.9. The molecule has 0 amide bonds. The zero-order chi connectivity index (χ0) is 38.5. The number of unbranched alkanes of at least 4 members (excludes halogenated alkanes) is 20. The number of carbonyl (C=O) groups excluding carboxylic acids is 2. The van der Waals surface area contributed by atoms with Gasteiger partial charge in [0, 0.05) is 12.8 Å². The van der Waals surface area contributed by atoms with E-state index in [1.54, 1.807) is 0 Å². The third-order valence-corrected chi connectivity index (χ3v) is 9.62. The first-order valence-electron chi connectivity index (χ1n) is 20.4. The summed E-state index contributed by atoms with van der Waals surface area (Å²) in [5, 5.41) is 8.87. The molecule has 12 heteroatoms. The van der Waals surface area contributed by atoms with Gasteiger partial charge in [0.05, 0.1) is 13.2 Å². The van der Waals surface area contributed by atoms with Crippen molar-refractivity contribution in [1.82, 2.24) is 0 Å². The topological polar surface area (TPSA) is 172 Å². The van der Waals surface area contributed by atoms with E-state index in [0.717, 1.165) is 77.0 Å². The summed E-state index contributed by atoms with van der Waals surface area (Å²) >= 11 is 0. The lowest BCUT2D eigenvalue weighted by Crippen LogP contribution is -2.34. The average Bonchev–Trinajstić information content (AvgIpc) is 3.12. The van der Waals surface area contributed by atoms with Crippen LogP contribution in [0.2, 0.25) is 0 Å². The van der Waals surface area contributed by atoms with Gasteiger partial charge >= 0.3 is 25.7 Å². The number of ether oxygens (including phenoxy) is 2. The highest BCUT2D eigenvalue weighted by Gasteiger charge is 2.28. The maximum absolute atomic E-state index is 12.6. The second-order valence-corrected chi connectivity index (χ2v) is 15.2. The van der Waals surface area contributed by atoms with Crippen LogP contribution in [0, 0.1) is 0 Å². The third kappa shape index (κ3) is 35.0. The Morgan fingerprint density at radius 1 is 0.577 bits per heavy atom. The molecule has 0 radical (unpaired) electrons. The van der Waals surface area contributed by atoms with Crippen molar-refractivity contribution in [2.24, 2.45) is 5.73 Å². The smallest absolute Gasteiger partial charge is 0.472 e. The number of hydrogen-bond acceptors (Lipinski definition) is 9. The Balaban J connectivity index is 4.43. The standard InChI is InChI=1S/C40H74NO10P/c1-3-5-7-9-11-13-15-17-18-20-22-24-26-28-30-32-39(43)51-36(34-49-52(46,47)50-35-37(41)40(44)45)33-48-38(42)31-29-27-25-23-21-19-16-14-12-10-8-6-4-2/h14,16-18,36-37H,3-13,15,19-35,41H2,1-2H3,(H,44,45)(H,46,47)/b16-14-,18-17-/t36-,37+/m1/s1. The number of aliphatic carboxylic acids is 1. The van der Waals surface area contributed by atoms with Gasteiger partial charge in [-0.3, -0.25) is 23.4 Å². The van der Waals surface area contributed by atoms with Crippen molar-refractivity contribution in [3.63, 3.8) is 0 Å². The fourth-order valence-corrected chi connectivity index (χ4v) is 6.18. The third-order valence-electron chi connectivity index (χ3n) is 8.67. The summed E-state index contributed by atoms with van der Waals surface area (Å²) in [6.45, 7) is 2.76. The molecule has 52 heavy (non-hydrogen) atoms. The summed E-state index contributed by atoms with van der Waals surface area (Å²) in [7, 11) is -4.71. The van der Waals surface area contributed by atoms with E-state index < -0.39 is 51.1 Å². The van der Waals surface area contributed by atoms with E-state index in [1.165, 1.54) is 64.2 Å². The molecule has 0 aromatic rings. The van der Waals surface area contributed by atoms with E-state index in [2.05, 4.69) is 42.7 Å². The highest BCUT2D eigenvalue weighted by Crippen LogP contribution is 2.43. The Morgan fingerprint density at radius 2 is 0.962 bits per heavy atom. The molecular weight excluding hydrogens is 685 g/mol. The van der Waals surface area contributed by atoms with E-state index in [1.807, 2.05) is 0 Å². The van der Waals surface area contributed by atoms with Crippen molar-refractivity contribution in [3.05, 3.63) is 24.3 Å². The number of hydrogen-bond donors (Lipinski definition) is 3. The molecule has 0 saturated carbocycles. The minimum Gasteiger partial charge on any atom is -0.480 e. The quantitative estimate of drug-likeness (QED) is 0.0237. The molecule has 0 aromatic carbocycles. The van der Waals surface area contributed by atoms with Gasteiger partial charge in [0.2, 0.25) is 0 Å². The molecule has 0 aromatic heterocycles. The lowest BCUT2D eigenvalue weighted by molar-refractivity contribution is -0.161. The zero-order valence-corrected chi connectivity index (χ0v) is 33.5. The Hall–Kier alpha value is -2.04. The summed E-state index contributed by atoms with van der Waals surface area (Å²) in [5.74, 6) is -2.40. The van der Waals surface area contributed by atoms with Crippen molar-refractivity contribution in [3.8, 4) is 0 Å². The van der Waals surface area contributed by atoms with Crippen LogP contribution in [0.15, 0.2) is 24.3 Å². The van der Waals surface area contributed by atoms with Crippen LogP contribution in [-0.4, -0.2) is 59.9 Å². The number of nitrogens with two attached hydrogens (primary N) is 1. The molecule has 304 valence electrons. The van der Waals surface area contributed by atoms with Gasteiger partial charge < -0.3 is 25.2 Å². The highest BCUT2D eigenvalue weighted by molar-refractivity contribution is 7.47. The number of carboxylic acid groups (broad SMARTS) is 1. The van der Waals surface area contributed by atoms with Crippen LogP contribution in [0.25, 0.3) is 0 Å². The van der Waals surface area contributed by atoms with Crippen molar-refractivity contribution in [2.75, 3.05) is 19.8 Å². The molecule has 0 spiro atoms. The Kier molecular flexibility index (Phi) is 34.6. The predicted octanol–water partition coefficient (Wildman–Crippen LogP) is 10.3. The Bertz CT molecular complexity index is 989. The predicted molar refractivity (Wildman–Crippen MR) is 208 cm³/mol. The number of phosphoric acid groups is 1. The van der Waals surface area contributed by atoms with Gasteiger partial charge in [-0.05, 0) is 64.2 Å². The SMILES string of the molecule is CCCCCC/C=C\CCCCCCCC(=O)OC[C@H](COP(=O)(O)OC[C@H](N)C(=O)O)OC(=O)CCCCCCC/C=C\CCCCCCCC. The van der Waals surface area contributed by atoms with Crippen molar-refractivity contribution in [2.45, 2.75) is 193 Å². The second-order valence-electron chi connectivity index (χ2n) is 13.8. The molecule has 1 unspecified atom stereocenters. The monoisotopic (exact) mass is 760 g/mol. The highest BCUT2D eigenvalue weighted by atomic mass is 31.2. The number of carboxylic acids is 1. The van der Waals surface area contributed by atoms with Crippen molar-refractivity contribution >= 4 is 25.7 Å². The Morgan fingerprint density at radius 3 is 1.42 bits per heavy atom. The summed E-state index contributed by atoms with van der Waals surface area (Å²) < 4.78 is 32.6. The lowest BCUT2D eigenvalue weighted by atomic mass is 10.1. The summed E-state index contributed by atoms with van der Waals surface area (Å²) in [5.41, 5.74) is 5.32. The van der Waals surface area contributed by atoms with Gasteiger partial charge in [0.1, 0.15) is 12.6 Å². The molecule has 0 aliphatic rings. The molecule has 0 heterocycles. The largest absolute Gasteiger partial charge is 0.480 e. The zero-order valence-electron chi connectivity index (χ0n) is 32.7. The van der Waals surface area contributed by atoms with E-state index in [9.17, 15) is 23.8 Å². The molecule has 3 atom stereocenters. The minimum absolute atomic E-state index is 0.151. The van der Waals surface area contributed by atoms with Crippen molar-refractivity contribution < 1.29 is 47.5 Å². The van der Waals surface area contributed by atoms with Gasteiger partial charge in [-0.15, -0.1) is 0 Å². The molecule has 0 aliphatic heterocycles. The van der Waals surface area contributed by atoms with Crippen LogP contribution in [0.3, 0.4) is 0 Å². The number of esters is 2. The van der Waals surface area contributed by atoms with Crippen LogP contribution in [0.5, 0.6) is 0 Å². The molecule has 0 rings (SSSR count). The van der Waals surface area contributed by atoms with Crippen LogP contribution in [0.4, 0.5) is 0 Å². The van der Waals surface area contributed by atoms with Gasteiger partial charge in [-0.25, -0.2) is 4.57 Å². The van der Waals surface area contributed by atoms with Crippen LogP contribution >= 0.6 is 7.82 Å². The van der Waals surface area contributed by atoms with Crippen molar-refractivity contribution in [1.29, 1.82) is 0 Å². The number of carbonyl (C=O) groups is 3. The Labute approximate surface area is 315 Å². The molecular formula is C40H74NO10P.